The second kappa shape index (κ2) is 35.0. The lowest BCUT2D eigenvalue weighted by atomic mass is 9.81. The summed E-state index contributed by atoms with van der Waals surface area (Å²) >= 11 is 0. The van der Waals surface area contributed by atoms with Gasteiger partial charge in [0, 0.05) is 67.0 Å². The van der Waals surface area contributed by atoms with Crippen LogP contribution in [0.3, 0.4) is 0 Å². The van der Waals surface area contributed by atoms with Gasteiger partial charge < -0.3 is 55.5 Å². The molecule has 0 fully saturated rings. The van der Waals surface area contributed by atoms with Gasteiger partial charge in [-0.05, 0) is 174 Å². The number of carboxylic acid groups (broad SMARTS) is 3. The molecule has 0 saturated carbocycles. The van der Waals surface area contributed by atoms with E-state index < -0.39 is 118 Å². The molecule has 0 radical (unpaired) electrons. The summed E-state index contributed by atoms with van der Waals surface area (Å²) in [5.41, 5.74) is 3.64. The van der Waals surface area contributed by atoms with Crippen molar-refractivity contribution in [3.63, 3.8) is 0 Å². The first-order valence-electron chi connectivity index (χ1n) is 31.7. The number of fused-ring (bicyclic) bond motifs is 2. The summed E-state index contributed by atoms with van der Waals surface area (Å²) < 4.78 is 156. The molecule has 0 aromatic heterocycles. The number of ether oxygens (including phenoxy) is 3. The van der Waals surface area contributed by atoms with Crippen LogP contribution in [0.2, 0.25) is 0 Å². The van der Waals surface area contributed by atoms with Crippen LogP contribution in [0, 0.1) is 0 Å². The zero-order chi connectivity index (χ0) is 72.4. The number of aliphatic carboxylic acids is 3. The molecular weight excluding hydrogens is 1360 g/mol. The summed E-state index contributed by atoms with van der Waals surface area (Å²) in [5, 5.41) is 48.1. The molecule has 1 aliphatic carbocycles. The number of amides is 3. The van der Waals surface area contributed by atoms with Gasteiger partial charge in [-0.2, -0.15) is 38.2 Å². The SMILES string of the molecule is CC1(C)C(/C=C/C2=C(Oc3ccc(S(=O)(=O)O)cc3)C(=C/C=C3/N(CCCCS(=O)(=O)O)c4ccc(S(=O)(=O)O)cc4C3(C)C)/CCC2)=[N+](CCCCCC(O)NCCOCCOCC(=O)NCCCC[C@H](NC(=O)NC(CCC(=O)O)C(=O)O)C(=O)O)c2ccc(S(=O)(=O)O)cc21. The Morgan fingerprint density at radius 2 is 1.26 bits per heavy atom. The number of benzene rings is 3. The van der Waals surface area contributed by atoms with Crippen molar-refractivity contribution in [2.24, 2.45) is 0 Å². The Balaban J connectivity index is 1.08. The molecule has 3 aromatic rings. The van der Waals surface area contributed by atoms with E-state index in [1.165, 1.54) is 48.5 Å². The number of nitrogens with one attached hydrogen (secondary N) is 4. The van der Waals surface area contributed by atoms with Crippen molar-refractivity contribution >= 4 is 87.4 Å². The van der Waals surface area contributed by atoms with E-state index in [2.05, 4.69) is 25.8 Å². The topological polar surface area (TPSA) is 466 Å². The van der Waals surface area contributed by atoms with Gasteiger partial charge in [0.05, 0.1) is 45.7 Å². The van der Waals surface area contributed by atoms with Crippen molar-refractivity contribution < 1.29 is 115 Å². The number of hydrogen-bond acceptors (Lipinski definition) is 19. The van der Waals surface area contributed by atoms with Crippen LogP contribution in [0.15, 0.2) is 122 Å². The molecule has 3 aliphatic rings. The number of carboxylic acids is 3. The average molecular weight is 1450 g/mol. The third-order valence-electron chi connectivity index (χ3n) is 16.7. The van der Waals surface area contributed by atoms with Crippen molar-refractivity contribution in [2.45, 2.75) is 161 Å². The first-order chi connectivity index (χ1) is 45.9. The molecule has 3 atom stereocenters. The van der Waals surface area contributed by atoms with E-state index in [1.807, 2.05) is 56.9 Å². The maximum atomic E-state index is 12.5. The van der Waals surface area contributed by atoms with Gasteiger partial charge in [0.15, 0.2) is 5.71 Å². The van der Waals surface area contributed by atoms with Crippen LogP contribution in [0.25, 0.3) is 0 Å². The molecule has 30 nitrogen and oxygen atoms in total. The number of anilines is 1. The number of carbonyl (C=O) groups is 5. The van der Waals surface area contributed by atoms with Gasteiger partial charge >= 0.3 is 23.9 Å². The highest BCUT2D eigenvalue weighted by atomic mass is 32.2. The summed E-state index contributed by atoms with van der Waals surface area (Å²) in [4.78, 5) is 59.3. The molecule has 34 heteroatoms. The average Bonchev–Trinajstić information content (AvgIpc) is 1.59. The molecule has 0 bridgehead atoms. The Morgan fingerprint density at radius 1 is 0.643 bits per heavy atom. The number of rotatable bonds is 40. The third kappa shape index (κ3) is 23.3. The zero-order valence-electron chi connectivity index (χ0n) is 54.7. The molecule has 98 heavy (non-hydrogen) atoms. The van der Waals surface area contributed by atoms with E-state index in [1.54, 1.807) is 12.1 Å². The lowest BCUT2D eigenvalue weighted by Gasteiger charge is -2.27. The van der Waals surface area contributed by atoms with Crippen molar-refractivity contribution in [1.82, 2.24) is 21.3 Å². The summed E-state index contributed by atoms with van der Waals surface area (Å²) in [5.74, 6) is -4.40. The van der Waals surface area contributed by atoms with Crippen LogP contribution < -0.4 is 30.9 Å². The van der Waals surface area contributed by atoms with E-state index >= 15 is 0 Å². The fourth-order valence-electron chi connectivity index (χ4n) is 11.6. The first-order valence-corrected chi connectivity index (χ1v) is 37.6. The summed E-state index contributed by atoms with van der Waals surface area (Å²) in [7, 11) is -18.0. The van der Waals surface area contributed by atoms with Gasteiger partial charge in [0.1, 0.15) is 43.0 Å². The molecule has 6 rings (SSSR count). The molecular formula is C64H87N6O24S4+. The minimum Gasteiger partial charge on any atom is -0.481 e. The second-order valence-electron chi connectivity index (χ2n) is 24.7. The lowest BCUT2D eigenvalue weighted by Crippen LogP contribution is -2.51. The molecule has 3 amide bonds. The minimum absolute atomic E-state index is 0.0423. The molecule has 2 unspecified atom stereocenters. The lowest BCUT2D eigenvalue weighted by molar-refractivity contribution is -0.438. The quantitative estimate of drug-likeness (QED) is 0.0134. The maximum absolute atomic E-state index is 12.5. The van der Waals surface area contributed by atoms with Crippen LogP contribution in [0.1, 0.15) is 129 Å². The molecule has 0 saturated heterocycles. The second-order valence-corrected chi connectivity index (χ2v) is 30.6. The van der Waals surface area contributed by atoms with Crippen molar-refractivity contribution in [2.75, 3.05) is 63.3 Å². The van der Waals surface area contributed by atoms with Gasteiger partial charge in [0.2, 0.25) is 11.6 Å². The van der Waals surface area contributed by atoms with Gasteiger partial charge in [-0.25, -0.2) is 14.4 Å². The van der Waals surface area contributed by atoms with E-state index in [0.29, 0.717) is 116 Å². The first kappa shape index (κ1) is 79.5. The Labute approximate surface area is 569 Å². The molecule has 540 valence electrons. The number of aliphatic hydroxyl groups is 1. The van der Waals surface area contributed by atoms with E-state index in [-0.39, 0.29) is 79.2 Å². The van der Waals surface area contributed by atoms with Crippen LogP contribution in [0.4, 0.5) is 16.2 Å². The number of urea groups is 1. The fourth-order valence-corrected chi connectivity index (χ4v) is 13.7. The number of aliphatic hydroxyl groups excluding tert-OH is 1. The van der Waals surface area contributed by atoms with Crippen LogP contribution in [0.5, 0.6) is 5.75 Å². The van der Waals surface area contributed by atoms with Crippen molar-refractivity contribution in [3.8, 4) is 5.75 Å². The Bertz CT molecular complexity index is 4040. The summed E-state index contributed by atoms with van der Waals surface area (Å²) in [6, 6.07) is 9.83. The highest BCUT2D eigenvalue weighted by molar-refractivity contribution is 7.86. The van der Waals surface area contributed by atoms with Crippen LogP contribution >= 0.6 is 0 Å². The number of hydrogen-bond donors (Lipinski definition) is 12. The number of allylic oxidation sites excluding steroid dienone is 7. The van der Waals surface area contributed by atoms with Crippen molar-refractivity contribution in [3.05, 3.63) is 119 Å². The highest BCUT2D eigenvalue weighted by Crippen LogP contribution is 2.49. The molecule has 3 aromatic carbocycles. The third-order valence-corrected chi connectivity index (χ3v) is 20.1. The van der Waals surface area contributed by atoms with Gasteiger partial charge in [-0.15, -0.1) is 0 Å². The Kier molecular flexibility index (Phi) is 28.4. The summed E-state index contributed by atoms with van der Waals surface area (Å²) in [6.07, 6.45) is 10.6. The maximum Gasteiger partial charge on any atom is 0.326 e. The smallest absolute Gasteiger partial charge is 0.326 e. The molecule has 0 spiro atoms. The molecule has 12 N–H and O–H groups in total. The molecule has 2 heterocycles. The predicted octanol–water partition coefficient (Wildman–Crippen LogP) is 6.01. The van der Waals surface area contributed by atoms with E-state index in [0.717, 1.165) is 5.71 Å². The normalized spacial score (nSPS) is 17.2. The minimum atomic E-state index is -4.61. The van der Waals surface area contributed by atoms with Gasteiger partial charge in [0.25, 0.3) is 40.5 Å². The number of unbranched alkanes of at least 4 members (excludes halogenated alkanes) is 4. The van der Waals surface area contributed by atoms with Crippen LogP contribution in [-0.2, 0) is 80.0 Å². The van der Waals surface area contributed by atoms with E-state index in [4.69, 9.17) is 19.3 Å². The largest absolute Gasteiger partial charge is 0.481 e. The predicted molar refractivity (Wildman–Crippen MR) is 357 cm³/mol. The monoisotopic (exact) mass is 1450 g/mol. The number of carbonyl (C=O) groups excluding carboxylic acids is 2. The Hall–Kier alpha value is -7.48. The fraction of sp³-hybridized carbons (Fsp3) is 0.500. The van der Waals surface area contributed by atoms with Gasteiger partial charge in [-0.3, -0.25) is 33.1 Å². The van der Waals surface area contributed by atoms with Crippen molar-refractivity contribution in [1.29, 1.82) is 0 Å². The number of nitrogens with zero attached hydrogens (tertiary/aromatic N) is 2. The molecule has 2 aliphatic heterocycles. The Morgan fingerprint density at radius 3 is 1.89 bits per heavy atom. The highest BCUT2D eigenvalue weighted by Gasteiger charge is 2.45. The van der Waals surface area contributed by atoms with E-state index in [9.17, 15) is 91.2 Å². The standard InChI is InChI=1S/C64H86N6O24S4/c1-63(2)48-39-46(97(86,87)88)23-26-52(48)69(33-9-5-6-16-56(71)66-32-35-92-36-37-93-41-57(72)65-31-8-7-15-50(60(75)76)67-62(79)68-51(61(77)78)25-30-58(73)74)54(63)28-17-42-13-12-14-43(59(42)94-44-19-21-45(22-20-44)96(83,84)85)18-29-55-64(3,4)49-40-47(98(89,90)91)24-27-53(49)70(55)34-10-11-38-95(80,81)82/h17-24,26-29,39-40,50-51,56,66,71H,5-16,25,30-38,41H2,1-4H3,(H9-,65,67,68,72,73,74,75,76,77,78,79,80,81,82,83,84,85,86,87,88,89,90,91)/p+1/t50-,51?,56?/m0/s1. The van der Waals surface area contributed by atoms with Crippen LogP contribution in [-0.4, -0.2) is 189 Å². The van der Waals surface area contributed by atoms with Gasteiger partial charge in [-0.1, -0.05) is 19.9 Å². The summed E-state index contributed by atoms with van der Waals surface area (Å²) in [6.45, 7) is 8.96. The zero-order valence-corrected chi connectivity index (χ0v) is 58.0.